The van der Waals surface area contributed by atoms with E-state index in [1.54, 1.807) is 36.4 Å². The molecule has 3 aromatic carbocycles. The first-order valence-electron chi connectivity index (χ1n) is 12.5. The van der Waals surface area contributed by atoms with Crippen LogP contribution in [0.5, 0.6) is 5.75 Å². The summed E-state index contributed by atoms with van der Waals surface area (Å²) in [5.74, 6) is -1.26. The summed E-state index contributed by atoms with van der Waals surface area (Å²) in [6.07, 6.45) is 1.67. The molecule has 5 rings (SSSR count). The van der Waals surface area contributed by atoms with Crippen LogP contribution in [0.2, 0.25) is 0 Å². The van der Waals surface area contributed by atoms with Gasteiger partial charge in [0.1, 0.15) is 11.5 Å². The van der Waals surface area contributed by atoms with Crippen molar-refractivity contribution in [1.29, 1.82) is 0 Å². The van der Waals surface area contributed by atoms with Crippen LogP contribution in [-0.4, -0.2) is 43.4 Å². The van der Waals surface area contributed by atoms with Crippen molar-refractivity contribution >= 4 is 40.4 Å². The summed E-state index contributed by atoms with van der Waals surface area (Å²) >= 11 is 0. The number of amides is 2. The Hall–Kier alpha value is -4.59. The van der Waals surface area contributed by atoms with Gasteiger partial charge >= 0.3 is 0 Å². The van der Waals surface area contributed by atoms with Crippen LogP contribution in [-0.2, 0) is 20.8 Å². The molecule has 1 atom stereocenters. The van der Waals surface area contributed by atoms with E-state index >= 15 is 0 Å². The number of fused-ring (bicyclic) bond motifs is 1. The molecule has 2 amide bonds. The highest BCUT2D eigenvalue weighted by Crippen LogP contribution is 2.43. The molecule has 8 nitrogen and oxygen atoms in total. The number of hydrogen-bond donors (Lipinski definition) is 2. The van der Waals surface area contributed by atoms with E-state index in [0.717, 1.165) is 29.8 Å². The Balaban J connectivity index is 1.67. The predicted octanol–water partition coefficient (Wildman–Crippen LogP) is 4.66. The summed E-state index contributed by atoms with van der Waals surface area (Å²) in [6, 6.07) is 18.7. The third kappa shape index (κ3) is 4.61. The van der Waals surface area contributed by atoms with E-state index < -0.39 is 17.7 Å². The molecule has 2 aliphatic heterocycles. The molecule has 194 valence electrons. The SMILES string of the molecule is CC(=O)Nc1cccc(N2C(=O)C(=O)/C(=C(\O)c3ccc4c(c3)CCCO4)C2c2ccc(N(C)C)cc2)c1. The molecule has 0 aromatic heterocycles. The number of aryl methyl sites for hydroxylation is 1. The fourth-order valence-electron chi connectivity index (χ4n) is 4.97. The van der Waals surface area contributed by atoms with Crippen LogP contribution in [0.4, 0.5) is 17.1 Å². The molecule has 38 heavy (non-hydrogen) atoms. The second-order valence-electron chi connectivity index (χ2n) is 9.66. The average molecular weight is 512 g/mol. The van der Waals surface area contributed by atoms with E-state index in [-0.39, 0.29) is 17.2 Å². The maximum absolute atomic E-state index is 13.5. The van der Waals surface area contributed by atoms with Crippen LogP contribution in [0.1, 0.15) is 36.1 Å². The first-order chi connectivity index (χ1) is 18.2. The predicted molar refractivity (Wildman–Crippen MR) is 147 cm³/mol. The smallest absolute Gasteiger partial charge is 0.300 e. The zero-order valence-electron chi connectivity index (χ0n) is 21.5. The van der Waals surface area contributed by atoms with Gasteiger partial charge in [0.25, 0.3) is 11.7 Å². The number of nitrogens with one attached hydrogen (secondary N) is 1. The summed E-state index contributed by atoms with van der Waals surface area (Å²) < 4.78 is 5.70. The Kier molecular flexibility index (Phi) is 6.63. The summed E-state index contributed by atoms with van der Waals surface area (Å²) in [5, 5.41) is 14.2. The highest BCUT2D eigenvalue weighted by Gasteiger charge is 2.47. The molecule has 1 unspecified atom stereocenters. The Labute approximate surface area is 221 Å². The molecule has 0 spiro atoms. The monoisotopic (exact) mass is 511 g/mol. The lowest BCUT2D eigenvalue weighted by Gasteiger charge is -2.26. The summed E-state index contributed by atoms with van der Waals surface area (Å²) in [5.41, 5.74) is 3.95. The van der Waals surface area contributed by atoms with Gasteiger partial charge in [-0.05, 0) is 72.5 Å². The van der Waals surface area contributed by atoms with Crippen molar-refractivity contribution in [2.24, 2.45) is 0 Å². The number of carbonyl (C=O) groups is 3. The molecule has 2 N–H and O–H groups in total. The van der Waals surface area contributed by atoms with Crippen LogP contribution in [0.25, 0.3) is 5.76 Å². The zero-order valence-corrected chi connectivity index (χ0v) is 21.5. The quantitative estimate of drug-likeness (QED) is 0.294. The van der Waals surface area contributed by atoms with E-state index in [4.69, 9.17) is 4.74 Å². The van der Waals surface area contributed by atoms with E-state index in [9.17, 15) is 19.5 Å². The Morgan fingerprint density at radius 1 is 1.05 bits per heavy atom. The molecule has 2 heterocycles. The maximum atomic E-state index is 13.5. The Morgan fingerprint density at radius 2 is 1.82 bits per heavy atom. The molecular weight excluding hydrogens is 482 g/mol. The number of benzene rings is 3. The molecule has 1 saturated heterocycles. The van der Waals surface area contributed by atoms with Gasteiger partial charge in [-0.25, -0.2) is 0 Å². The molecule has 0 radical (unpaired) electrons. The number of anilines is 3. The number of hydrogen-bond acceptors (Lipinski definition) is 6. The van der Waals surface area contributed by atoms with Crippen molar-refractivity contribution in [2.45, 2.75) is 25.8 Å². The topological polar surface area (TPSA) is 99.2 Å². The third-order valence-electron chi connectivity index (χ3n) is 6.80. The molecule has 2 aliphatic rings. The second kappa shape index (κ2) is 10.0. The lowest BCUT2D eigenvalue weighted by molar-refractivity contribution is -0.132. The van der Waals surface area contributed by atoms with Gasteiger partial charge in [-0.3, -0.25) is 19.3 Å². The van der Waals surface area contributed by atoms with E-state index in [2.05, 4.69) is 5.32 Å². The minimum absolute atomic E-state index is 0.00853. The number of Topliss-reactive ketones (excluding diaryl/α,β-unsaturated/α-hetero) is 1. The molecule has 1 fully saturated rings. The summed E-state index contributed by atoms with van der Waals surface area (Å²) in [7, 11) is 3.85. The molecule has 0 bridgehead atoms. The van der Waals surface area contributed by atoms with Crippen molar-refractivity contribution in [3.05, 3.63) is 89.0 Å². The maximum Gasteiger partial charge on any atom is 0.300 e. The highest BCUT2D eigenvalue weighted by atomic mass is 16.5. The molecule has 8 heteroatoms. The van der Waals surface area contributed by atoms with Gasteiger partial charge in [-0.2, -0.15) is 0 Å². The normalized spacial score (nSPS) is 18.1. The lowest BCUT2D eigenvalue weighted by Crippen LogP contribution is -2.29. The largest absolute Gasteiger partial charge is 0.507 e. The number of aliphatic hydroxyl groups is 1. The molecule has 0 aliphatic carbocycles. The van der Waals surface area contributed by atoms with Crippen LogP contribution in [0, 0.1) is 0 Å². The van der Waals surface area contributed by atoms with Crippen molar-refractivity contribution in [2.75, 3.05) is 35.8 Å². The number of nitrogens with zero attached hydrogens (tertiary/aromatic N) is 2. The Morgan fingerprint density at radius 3 is 2.53 bits per heavy atom. The summed E-state index contributed by atoms with van der Waals surface area (Å²) in [4.78, 5) is 42.0. The van der Waals surface area contributed by atoms with Gasteiger partial charge in [-0.1, -0.05) is 18.2 Å². The molecular formula is C30H29N3O5. The van der Waals surface area contributed by atoms with Crippen molar-refractivity contribution < 1.29 is 24.2 Å². The number of aliphatic hydroxyl groups excluding tert-OH is 1. The first-order valence-corrected chi connectivity index (χ1v) is 12.5. The number of carbonyl (C=O) groups excluding carboxylic acids is 3. The van der Waals surface area contributed by atoms with Crippen molar-refractivity contribution in [1.82, 2.24) is 0 Å². The van der Waals surface area contributed by atoms with Gasteiger partial charge < -0.3 is 20.1 Å². The molecule has 3 aromatic rings. The first kappa shape index (κ1) is 25.1. The third-order valence-corrected chi connectivity index (χ3v) is 6.80. The van der Waals surface area contributed by atoms with Crippen molar-refractivity contribution in [3.8, 4) is 5.75 Å². The van der Waals surface area contributed by atoms with E-state index in [1.165, 1.54) is 11.8 Å². The van der Waals surface area contributed by atoms with Crippen LogP contribution >= 0.6 is 0 Å². The van der Waals surface area contributed by atoms with E-state index in [1.807, 2.05) is 49.3 Å². The van der Waals surface area contributed by atoms with E-state index in [0.29, 0.717) is 29.1 Å². The van der Waals surface area contributed by atoms with Gasteiger partial charge in [0.05, 0.1) is 18.2 Å². The number of ketones is 1. The summed E-state index contributed by atoms with van der Waals surface area (Å²) in [6.45, 7) is 2.04. The zero-order chi connectivity index (χ0) is 27.0. The van der Waals surface area contributed by atoms with Crippen LogP contribution in [0.15, 0.2) is 72.3 Å². The van der Waals surface area contributed by atoms with Gasteiger partial charge in [0.2, 0.25) is 5.91 Å². The second-order valence-corrected chi connectivity index (χ2v) is 9.66. The number of rotatable bonds is 5. The number of ether oxygens (including phenoxy) is 1. The minimum Gasteiger partial charge on any atom is -0.507 e. The van der Waals surface area contributed by atoms with Crippen LogP contribution < -0.4 is 19.9 Å². The fraction of sp³-hybridized carbons (Fsp3) is 0.233. The van der Waals surface area contributed by atoms with Crippen molar-refractivity contribution in [3.63, 3.8) is 0 Å². The highest BCUT2D eigenvalue weighted by molar-refractivity contribution is 6.51. The van der Waals surface area contributed by atoms with Gasteiger partial charge in [-0.15, -0.1) is 0 Å². The average Bonchev–Trinajstić information content (AvgIpc) is 3.18. The van der Waals surface area contributed by atoms with Gasteiger partial charge in [0, 0.05) is 43.6 Å². The fourth-order valence-corrected chi connectivity index (χ4v) is 4.97. The van der Waals surface area contributed by atoms with Crippen LogP contribution in [0.3, 0.4) is 0 Å². The lowest BCUT2D eigenvalue weighted by atomic mass is 9.93. The standard InChI is InChI=1S/C30H29N3O5/c1-18(34)31-22-7-4-8-24(17-22)33-27(19-9-12-23(13-10-19)32(2)3)26(29(36)30(33)37)28(35)21-11-14-25-20(16-21)6-5-15-38-25/h4,7-14,16-17,27,35H,5-6,15H2,1-3H3,(H,31,34)/b28-26-. The minimum atomic E-state index is -0.869. The Bertz CT molecular complexity index is 1460. The molecule has 0 saturated carbocycles. The van der Waals surface area contributed by atoms with Gasteiger partial charge in [0.15, 0.2) is 0 Å².